The van der Waals surface area contributed by atoms with E-state index in [1.165, 1.54) is 42.0 Å². The second-order valence-electron chi connectivity index (χ2n) is 16.3. The molecular formula is C57H32N4O2S. The zero-order valence-corrected chi connectivity index (χ0v) is 34.8. The van der Waals surface area contributed by atoms with Gasteiger partial charge in [-0.2, -0.15) is 0 Å². The van der Waals surface area contributed by atoms with Crippen LogP contribution in [0, 0.1) is 0 Å². The maximum atomic E-state index is 6.65. The molecule has 14 aromatic rings. The highest BCUT2D eigenvalue weighted by Crippen LogP contribution is 2.45. The van der Waals surface area contributed by atoms with Crippen LogP contribution in [0.25, 0.3) is 137 Å². The fraction of sp³-hybridized carbons (Fsp3) is 0. The molecule has 5 aromatic heterocycles. The molecule has 0 amide bonds. The van der Waals surface area contributed by atoms with Gasteiger partial charge in [0.25, 0.3) is 0 Å². The van der Waals surface area contributed by atoms with Crippen LogP contribution in [-0.4, -0.2) is 19.5 Å². The van der Waals surface area contributed by atoms with Gasteiger partial charge in [0.1, 0.15) is 22.3 Å². The molecule has 298 valence electrons. The molecule has 0 spiro atoms. The van der Waals surface area contributed by atoms with E-state index in [-0.39, 0.29) is 0 Å². The zero-order valence-electron chi connectivity index (χ0n) is 34.0. The predicted octanol–water partition coefficient (Wildman–Crippen LogP) is 15.8. The number of fused-ring (bicyclic) bond motifs is 12. The summed E-state index contributed by atoms with van der Waals surface area (Å²) in [6.45, 7) is 0. The Morgan fingerprint density at radius 3 is 1.80 bits per heavy atom. The van der Waals surface area contributed by atoms with Gasteiger partial charge in [0, 0.05) is 74.9 Å². The molecule has 0 aliphatic heterocycles. The first-order chi connectivity index (χ1) is 31.7. The van der Waals surface area contributed by atoms with Crippen LogP contribution >= 0.6 is 11.3 Å². The summed E-state index contributed by atoms with van der Waals surface area (Å²) in [7, 11) is 0. The summed E-state index contributed by atoms with van der Waals surface area (Å²) in [4.78, 5) is 15.5. The van der Waals surface area contributed by atoms with Crippen molar-refractivity contribution in [3.63, 3.8) is 0 Å². The van der Waals surface area contributed by atoms with Gasteiger partial charge in [-0.05, 0) is 77.9 Å². The number of furan rings is 2. The van der Waals surface area contributed by atoms with E-state index in [1.54, 1.807) is 0 Å². The molecule has 64 heavy (non-hydrogen) atoms. The summed E-state index contributed by atoms with van der Waals surface area (Å²) in [5.41, 5.74) is 11.5. The van der Waals surface area contributed by atoms with Gasteiger partial charge in [0.05, 0.1) is 11.0 Å². The average molecular weight is 837 g/mol. The predicted molar refractivity (Wildman–Crippen MR) is 263 cm³/mol. The Kier molecular flexibility index (Phi) is 7.46. The van der Waals surface area contributed by atoms with Crippen LogP contribution in [-0.2, 0) is 0 Å². The van der Waals surface area contributed by atoms with Crippen molar-refractivity contribution in [1.29, 1.82) is 0 Å². The standard InChI is InChI=1S/C57H32N4O2S/c1-2-13-33(14-3-1)55-58-56(35-25-27-40-39-17-6-10-22-47(39)63-50(40)30-35)60-57(59-55)42-19-12-23-49-53(42)44-29-34(26-28-48(44)62-49)43-31-36(32-52-54(43)41-18-7-11-24-51(41)64-52)61-45-20-8-4-15-37(45)38-16-5-9-21-46(38)61/h1-32H. The highest BCUT2D eigenvalue weighted by atomic mass is 32.1. The maximum Gasteiger partial charge on any atom is 0.164 e. The third-order valence-electron chi connectivity index (χ3n) is 12.7. The molecule has 0 radical (unpaired) electrons. The summed E-state index contributed by atoms with van der Waals surface area (Å²) >= 11 is 1.84. The van der Waals surface area contributed by atoms with Gasteiger partial charge in [-0.1, -0.05) is 127 Å². The van der Waals surface area contributed by atoms with E-state index in [4.69, 9.17) is 23.8 Å². The van der Waals surface area contributed by atoms with Crippen LogP contribution in [0.3, 0.4) is 0 Å². The number of benzene rings is 9. The number of rotatable bonds is 5. The van der Waals surface area contributed by atoms with Crippen molar-refractivity contribution < 1.29 is 8.83 Å². The number of hydrogen-bond acceptors (Lipinski definition) is 6. The first-order valence-electron chi connectivity index (χ1n) is 21.3. The van der Waals surface area contributed by atoms with Crippen molar-refractivity contribution >= 4 is 97.2 Å². The first-order valence-corrected chi connectivity index (χ1v) is 22.1. The minimum absolute atomic E-state index is 0.560. The Labute approximate surface area is 368 Å². The summed E-state index contributed by atoms with van der Waals surface area (Å²) < 4.78 is 17.9. The third kappa shape index (κ3) is 5.28. The second kappa shape index (κ2) is 13.6. The highest BCUT2D eigenvalue weighted by molar-refractivity contribution is 7.26. The maximum absolute atomic E-state index is 6.65. The molecule has 0 saturated heterocycles. The monoisotopic (exact) mass is 836 g/mol. The van der Waals surface area contributed by atoms with Gasteiger partial charge in [-0.15, -0.1) is 11.3 Å². The topological polar surface area (TPSA) is 69.9 Å². The average Bonchev–Trinajstić information content (AvgIpc) is 4.12. The van der Waals surface area contributed by atoms with E-state index in [0.717, 1.165) is 77.4 Å². The molecule has 7 heteroatoms. The van der Waals surface area contributed by atoms with Crippen LogP contribution in [0.1, 0.15) is 0 Å². The number of para-hydroxylation sites is 3. The minimum atomic E-state index is 0.560. The molecule has 0 N–H and O–H groups in total. The lowest BCUT2D eigenvalue weighted by molar-refractivity contribution is 0.668. The summed E-state index contributed by atoms with van der Waals surface area (Å²) in [5.74, 6) is 1.71. The fourth-order valence-electron chi connectivity index (χ4n) is 9.78. The lowest BCUT2D eigenvalue weighted by Gasteiger charge is -2.13. The number of aromatic nitrogens is 4. The Hall–Kier alpha value is -8.39. The highest BCUT2D eigenvalue weighted by Gasteiger charge is 2.22. The molecule has 5 heterocycles. The molecule has 0 fully saturated rings. The van der Waals surface area contributed by atoms with Crippen molar-refractivity contribution in [3.05, 3.63) is 194 Å². The molecule has 6 nitrogen and oxygen atoms in total. The first kappa shape index (κ1) is 35.2. The smallest absolute Gasteiger partial charge is 0.164 e. The molecule has 9 aromatic carbocycles. The lowest BCUT2D eigenvalue weighted by Crippen LogP contribution is -2.00. The number of nitrogens with zero attached hydrogens (tertiary/aromatic N) is 4. The molecule has 0 aliphatic carbocycles. The molecule has 0 bridgehead atoms. The van der Waals surface area contributed by atoms with Crippen LogP contribution in [0.5, 0.6) is 0 Å². The van der Waals surface area contributed by atoms with E-state index in [9.17, 15) is 0 Å². The molecular weight excluding hydrogens is 805 g/mol. The van der Waals surface area contributed by atoms with E-state index >= 15 is 0 Å². The Balaban J connectivity index is 0.997. The largest absolute Gasteiger partial charge is 0.456 e. The van der Waals surface area contributed by atoms with Gasteiger partial charge >= 0.3 is 0 Å². The summed E-state index contributed by atoms with van der Waals surface area (Å²) in [6.07, 6.45) is 0. The molecule has 0 aliphatic rings. The van der Waals surface area contributed by atoms with Crippen molar-refractivity contribution in [2.75, 3.05) is 0 Å². The van der Waals surface area contributed by atoms with Crippen LogP contribution < -0.4 is 0 Å². The van der Waals surface area contributed by atoms with E-state index in [2.05, 4.69) is 132 Å². The normalized spacial score (nSPS) is 12.1. The fourth-order valence-corrected chi connectivity index (χ4v) is 11.0. The van der Waals surface area contributed by atoms with Gasteiger partial charge in [0.2, 0.25) is 0 Å². The molecule has 14 rings (SSSR count). The third-order valence-corrected chi connectivity index (χ3v) is 13.8. The SMILES string of the molecule is c1ccc(-c2nc(-c3ccc4c(c3)oc3ccccc34)nc(-c3cccc4oc5ccc(-c6cc(-n7c8ccccc8c8ccccc87)cc7sc8ccccc8c67)cc5c34)n2)cc1. The lowest BCUT2D eigenvalue weighted by atomic mass is 9.96. The van der Waals surface area contributed by atoms with Gasteiger partial charge in [-0.25, -0.2) is 15.0 Å². The van der Waals surface area contributed by atoms with E-state index in [0.29, 0.717) is 17.5 Å². The quantitative estimate of drug-likeness (QED) is 0.173. The molecule has 0 unspecified atom stereocenters. The van der Waals surface area contributed by atoms with Crippen LogP contribution in [0.4, 0.5) is 0 Å². The minimum Gasteiger partial charge on any atom is -0.456 e. The van der Waals surface area contributed by atoms with Gasteiger partial charge in [-0.3, -0.25) is 0 Å². The molecule has 0 atom stereocenters. The van der Waals surface area contributed by atoms with Crippen LogP contribution in [0.15, 0.2) is 203 Å². The van der Waals surface area contributed by atoms with Crippen molar-refractivity contribution in [2.24, 2.45) is 0 Å². The van der Waals surface area contributed by atoms with E-state index in [1.807, 2.05) is 78.1 Å². The van der Waals surface area contributed by atoms with Gasteiger partial charge < -0.3 is 13.4 Å². The summed E-state index contributed by atoms with van der Waals surface area (Å²) in [6, 6.07) is 68.0. The second-order valence-corrected chi connectivity index (χ2v) is 17.4. The van der Waals surface area contributed by atoms with Crippen molar-refractivity contribution in [3.8, 4) is 51.0 Å². The number of thiophene rings is 1. The van der Waals surface area contributed by atoms with Gasteiger partial charge in [0.15, 0.2) is 17.5 Å². The Bertz CT molecular complexity index is 4160. The number of hydrogen-bond donors (Lipinski definition) is 0. The Morgan fingerprint density at radius 1 is 0.344 bits per heavy atom. The zero-order chi connectivity index (χ0) is 41.9. The van der Waals surface area contributed by atoms with E-state index < -0.39 is 0 Å². The van der Waals surface area contributed by atoms with Crippen molar-refractivity contribution in [2.45, 2.75) is 0 Å². The summed E-state index contributed by atoms with van der Waals surface area (Å²) in [5, 5.41) is 9.04. The van der Waals surface area contributed by atoms with Crippen molar-refractivity contribution in [1.82, 2.24) is 19.5 Å². The van der Waals surface area contributed by atoms with Crippen LogP contribution in [0.2, 0.25) is 0 Å². The molecule has 0 saturated carbocycles. The Morgan fingerprint density at radius 2 is 0.969 bits per heavy atom.